The van der Waals surface area contributed by atoms with Gasteiger partial charge in [0.15, 0.2) is 0 Å². The topological polar surface area (TPSA) is 127 Å². The van der Waals surface area contributed by atoms with E-state index in [1.807, 2.05) is 0 Å². The number of nitro groups is 2. The molecule has 0 heterocycles. The van der Waals surface area contributed by atoms with Crippen LogP contribution in [0.4, 0.5) is 11.4 Å². The van der Waals surface area contributed by atoms with Gasteiger partial charge < -0.3 is 0 Å². The lowest BCUT2D eigenvalue weighted by atomic mass is 10.3. The third kappa shape index (κ3) is 2.76. The van der Waals surface area contributed by atoms with Crippen LogP contribution in [0.15, 0.2) is 24.3 Å². The van der Waals surface area contributed by atoms with Crippen LogP contribution in [0.25, 0.3) is 0 Å². The summed E-state index contributed by atoms with van der Waals surface area (Å²) in [5.74, 6) is -1.22. The van der Waals surface area contributed by atoms with Gasteiger partial charge in [-0.25, -0.2) is 0 Å². The molecule has 1 aromatic carbocycles. The summed E-state index contributed by atoms with van der Waals surface area (Å²) < 4.78 is 0. The monoisotopic (exact) mass is 266 g/mol. The van der Waals surface area contributed by atoms with E-state index in [2.05, 4.69) is 10.9 Å². The molecule has 100 valence electrons. The van der Waals surface area contributed by atoms with Gasteiger partial charge in [0.1, 0.15) is 11.6 Å². The van der Waals surface area contributed by atoms with E-state index in [0.717, 1.165) is 0 Å². The predicted octanol–water partition coefficient (Wildman–Crippen LogP) is 0.703. The highest BCUT2D eigenvalue weighted by atomic mass is 16.6. The molecule has 0 aromatic heterocycles. The molecule has 0 spiro atoms. The van der Waals surface area contributed by atoms with E-state index in [9.17, 15) is 25.0 Å². The highest BCUT2D eigenvalue weighted by Gasteiger charge is 2.53. The van der Waals surface area contributed by atoms with Crippen LogP contribution in [0.5, 0.6) is 0 Å². The zero-order valence-electron chi connectivity index (χ0n) is 9.61. The molecule has 1 amide bonds. The molecule has 0 saturated heterocycles. The number of hydrogen-bond donors (Lipinski definition) is 2. The van der Waals surface area contributed by atoms with Crippen molar-refractivity contribution in [1.29, 1.82) is 0 Å². The quantitative estimate of drug-likeness (QED) is 0.596. The Morgan fingerprint density at radius 2 is 1.95 bits per heavy atom. The fourth-order valence-corrected chi connectivity index (χ4v) is 1.66. The number of rotatable bonds is 5. The lowest BCUT2D eigenvalue weighted by molar-refractivity contribution is -0.497. The van der Waals surface area contributed by atoms with E-state index in [1.165, 1.54) is 18.2 Å². The van der Waals surface area contributed by atoms with Gasteiger partial charge in [-0.15, -0.1) is 0 Å². The molecular formula is C10H10N4O5. The maximum absolute atomic E-state index is 11.5. The minimum absolute atomic E-state index is 0.124. The minimum Gasteiger partial charge on any atom is -0.292 e. The average molecular weight is 266 g/mol. The fourth-order valence-electron chi connectivity index (χ4n) is 1.66. The van der Waals surface area contributed by atoms with Crippen molar-refractivity contribution in [3.05, 3.63) is 44.5 Å². The number of carbonyl (C=O) groups is 1. The van der Waals surface area contributed by atoms with Gasteiger partial charge in [-0.05, 0) is 6.07 Å². The summed E-state index contributed by atoms with van der Waals surface area (Å²) in [4.78, 5) is 31.6. The van der Waals surface area contributed by atoms with Crippen LogP contribution in [0.2, 0.25) is 0 Å². The average Bonchev–Trinajstić information content (AvgIpc) is 3.16. The van der Waals surface area contributed by atoms with Gasteiger partial charge in [0.05, 0.1) is 4.92 Å². The summed E-state index contributed by atoms with van der Waals surface area (Å²) in [7, 11) is 0. The molecule has 9 heteroatoms. The molecule has 0 radical (unpaired) electrons. The first kappa shape index (κ1) is 12.7. The molecule has 2 N–H and O–H groups in total. The Morgan fingerprint density at radius 1 is 1.26 bits per heavy atom. The smallest absolute Gasteiger partial charge is 0.292 e. The third-order valence-corrected chi connectivity index (χ3v) is 2.79. The van der Waals surface area contributed by atoms with Gasteiger partial charge >= 0.3 is 0 Å². The van der Waals surface area contributed by atoms with E-state index in [0.29, 0.717) is 0 Å². The Labute approximate surface area is 106 Å². The van der Waals surface area contributed by atoms with Crippen LogP contribution in [0, 0.1) is 26.1 Å². The standard InChI is InChI=1S/C10H10N4O5/c15-10(6-5-9(6)14(18)19)12-11-7-3-1-2-4-8(7)13(16)17/h1-4,6,9,11H,5H2,(H,12,15). The van der Waals surface area contributed by atoms with Crippen LogP contribution >= 0.6 is 0 Å². The van der Waals surface area contributed by atoms with E-state index in [1.54, 1.807) is 6.07 Å². The van der Waals surface area contributed by atoms with E-state index < -0.39 is 27.7 Å². The highest BCUT2D eigenvalue weighted by Crippen LogP contribution is 2.33. The number of para-hydroxylation sites is 2. The second-order valence-corrected chi connectivity index (χ2v) is 4.08. The molecule has 2 atom stereocenters. The first-order chi connectivity index (χ1) is 9.00. The molecule has 1 saturated carbocycles. The Bertz CT molecular complexity index is 546. The van der Waals surface area contributed by atoms with E-state index in [4.69, 9.17) is 0 Å². The number of carbonyl (C=O) groups excluding carboxylic acids is 1. The second kappa shape index (κ2) is 4.88. The molecular weight excluding hydrogens is 256 g/mol. The number of nitro benzene ring substituents is 1. The number of nitrogens with one attached hydrogen (secondary N) is 2. The second-order valence-electron chi connectivity index (χ2n) is 4.08. The predicted molar refractivity (Wildman–Crippen MR) is 63.8 cm³/mol. The van der Waals surface area contributed by atoms with E-state index >= 15 is 0 Å². The summed E-state index contributed by atoms with van der Waals surface area (Å²) in [5.41, 5.74) is 4.59. The molecule has 1 fully saturated rings. The van der Waals surface area contributed by atoms with Gasteiger partial charge in [-0.2, -0.15) is 0 Å². The molecule has 9 nitrogen and oxygen atoms in total. The molecule has 2 unspecified atom stereocenters. The van der Waals surface area contributed by atoms with Crippen molar-refractivity contribution >= 4 is 17.3 Å². The number of hydrogen-bond acceptors (Lipinski definition) is 6. The van der Waals surface area contributed by atoms with Crippen molar-refractivity contribution in [2.45, 2.75) is 12.5 Å². The molecule has 0 aliphatic heterocycles. The molecule has 19 heavy (non-hydrogen) atoms. The largest absolute Gasteiger partial charge is 0.294 e. The van der Waals surface area contributed by atoms with Gasteiger partial charge in [0.25, 0.3) is 5.69 Å². The Balaban J connectivity index is 1.95. The van der Waals surface area contributed by atoms with Crippen molar-refractivity contribution in [2.75, 3.05) is 5.43 Å². The third-order valence-electron chi connectivity index (χ3n) is 2.79. The summed E-state index contributed by atoms with van der Waals surface area (Å²) in [6, 6.07) is 4.92. The van der Waals surface area contributed by atoms with Crippen LogP contribution < -0.4 is 10.9 Å². The number of hydrazine groups is 1. The number of anilines is 1. The van der Waals surface area contributed by atoms with Crippen LogP contribution in [0.3, 0.4) is 0 Å². The van der Waals surface area contributed by atoms with Gasteiger partial charge in [0, 0.05) is 17.4 Å². The fraction of sp³-hybridized carbons (Fsp3) is 0.300. The number of nitrogens with zero attached hydrogens (tertiary/aromatic N) is 2. The highest BCUT2D eigenvalue weighted by molar-refractivity contribution is 5.83. The van der Waals surface area contributed by atoms with Crippen LogP contribution in [-0.4, -0.2) is 21.8 Å². The van der Waals surface area contributed by atoms with Gasteiger partial charge in [-0.1, -0.05) is 12.1 Å². The van der Waals surface area contributed by atoms with Crippen molar-refractivity contribution in [3.63, 3.8) is 0 Å². The van der Waals surface area contributed by atoms with Crippen molar-refractivity contribution in [2.24, 2.45) is 5.92 Å². The summed E-state index contributed by atoms with van der Waals surface area (Å²) in [6.07, 6.45) is 0.192. The van der Waals surface area contributed by atoms with Crippen molar-refractivity contribution < 1.29 is 14.6 Å². The maximum Gasteiger partial charge on any atom is 0.294 e. The molecule has 1 aromatic rings. The molecule has 2 rings (SSSR count). The Kier molecular flexibility index (Phi) is 3.27. The number of amides is 1. The van der Waals surface area contributed by atoms with Crippen LogP contribution in [0.1, 0.15) is 6.42 Å². The molecule has 1 aliphatic rings. The van der Waals surface area contributed by atoms with Gasteiger partial charge in [0.2, 0.25) is 11.9 Å². The Morgan fingerprint density at radius 3 is 2.53 bits per heavy atom. The minimum atomic E-state index is -0.854. The van der Waals surface area contributed by atoms with E-state index in [-0.39, 0.29) is 17.8 Å². The Hall–Kier alpha value is -2.71. The van der Waals surface area contributed by atoms with Crippen molar-refractivity contribution in [1.82, 2.24) is 5.43 Å². The first-order valence-corrected chi connectivity index (χ1v) is 5.43. The van der Waals surface area contributed by atoms with Crippen LogP contribution in [-0.2, 0) is 4.79 Å². The molecule has 0 bridgehead atoms. The number of benzene rings is 1. The zero-order chi connectivity index (χ0) is 14.0. The first-order valence-electron chi connectivity index (χ1n) is 5.43. The maximum atomic E-state index is 11.5. The van der Waals surface area contributed by atoms with Gasteiger partial charge in [-0.3, -0.25) is 35.9 Å². The lowest BCUT2D eigenvalue weighted by Crippen LogP contribution is -2.32. The SMILES string of the molecule is O=C(NNc1ccccc1[N+](=O)[O-])C1CC1[N+](=O)[O-]. The summed E-state index contributed by atoms with van der Waals surface area (Å²) in [6.45, 7) is 0. The summed E-state index contributed by atoms with van der Waals surface area (Å²) in [5, 5.41) is 21.1. The summed E-state index contributed by atoms with van der Waals surface area (Å²) >= 11 is 0. The van der Waals surface area contributed by atoms with Crippen molar-refractivity contribution in [3.8, 4) is 0 Å². The zero-order valence-corrected chi connectivity index (χ0v) is 9.61. The normalized spacial score (nSPS) is 20.4. The molecule has 1 aliphatic carbocycles. The lowest BCUT2D eigenvalue weighted by Gasteiger charge is -2.07.